The van der Waals surface area contributed by atoms with E-state index < -0.39 is 0 Å². The van der Waals surface area contributed by atoms with Crippen LogP contribution in [0.15, 0.2) is 30.3 Å². The summed E-state index contributed by atoms with van der Waals surface area (Å²) in [5, 5.41) is 3.25. The fraction of sp³-hybridized carbons (Fsp3) is 0.650. The third-order valence-corrected chi connectivity index (χ3v) is 5.65. The Bertz CT molecular complexity index is 568. The molecule has 1 aromatic carbocycles. The van der Waals surface area contributed by atoms with Crippen LogP contribution in [0.5, 0.6) is 0 Å². The predicted molar refractivity (Wildman–Crippen MR) is 97.3 cm³/mol. The van der Waals surface area contributed by atoms with Crippen LogP contribution in [0.3, 0.4) is 0 Å². The van der Waals surface area contributed by atoms with Gasteiger partial charge in [-0.15, -0.1) is 0 Å². The van der Waals surface area contributed by atoms with E-state index in [0.29, 0.717) is 19.2 Å². The Hall–Kier alpha value is -1.43. The number of morpholine rings is 1. The molecule has 4 rings (SSSR count). The topological polar surface area (TPSA) is 44.8 Å². The van der Waals surface area contributed by atoms with Crippen LogP contribution < -0.4 is 5.32 Å². The summed E-state index contributed by atoms with van der Waals surface area (Å²) in [4.78, 5) is 17.3. The van der Waals surface area contributed by atoms with Crippen molar-refractivity contribution < 1.29 is 9.53 Å². The minimum absolute atomic E-state index is 0.0736. The van der Waals surface area contributed by atoms with Crippen LogP contribution >= 0.6 is 0 Å². The van der Waals surface area contributed by atoms with Crippen molar-refractivity contribution in [3.05, 3.63) is 35.9 Å². The Balaban J connectivity index is 1.22. The largest absolute Gasteiger partial charge is 0.371 e. The van der Waals surface area contributed by atoms with E-state index in [4.69, 9.17) is 4.74 Å². The number of likely N-dealkylation sites (tertiary alicyclic amines) is 1. The lowest BCUT2D eigenvalue weighted by Crippen LogP contribution is -2.49. The van der Waals surface area contributed by atoms with Crippen LogP contribution in [-0.4, -0.2) is 67.1 Å². The average Bonchev–Trinajstić information content (AvgIpc) is 3.48. The van der Waals surface area contributed by atoms with E-state index in [1.54, 1.807) is 0 Å². The number of carbonyl (C=O) groups is 1. The molecule has 0 spiro atoms. The van der Waals surface area contributed by atoms with Crippen molar-refractivity contribution in [1.82, 2.24) is 15.1 Å². The maximum atomic E-state index is 12.4. The van der Waals surface area contributed by atoms with Gasteiger partial charge in [0.2, 0.25) is 5.91 Å². The Morgan fingerprint density at radius 1 is 1.08 bits per heavy atom. The molecule has 5 nitrogen and oxygen atoms in total. The van der Waals surface area contributed by atoms with Crippen LogP contribution in [0, 0.1) is 0 Å². The number of rotatable bonds is 5. The number of hydrogen-bond donors (Lipinski definition) is 1. The van der Waals surface area contributed by atoms with Crippen molar-refractivity contribution in [3.8, 4) is 0 Å². The summed E-state index contributed by atoms with van der Waals surface area (Å²) < 4.78 is 5.89. The molecular weight excluding hydrogens is 314 g/mol. The molecule has 3 aliphatic rings. The Morgan fingerprint density at radius 3 is 2.56 bits per heavy atom. The number of hydrogen-bond acceptors (Lipinski definition) is 4. The number of benzene rings is 1. The van der Waals surface area contributed by atoms with Crippen molar-refractivity contribution in [2.24, 2.45) is 0 Å². The second-order valence-corrected chi connectivity index (χ2v) is 7.61. The van der Waals surface area contributed by atoms with E-state index in [0.717, 1.165) is 45.1 Å². The van der Waals surface area contributed by atoms with Gasteiger partial charge in [0.15, 0.2) is 0 Å². The maximum Gasteiger partial charge on any atom is 0.234 e. The van der Waals surface area contributed by atoms with Gasteiger partial charge in [0.1, 0.15) is 0 Å². The molecule has 1 saturated carbocycles. The van der Waals surface area contributed by atoms with Gasteiger partial charge in [0, 0.05) is 38.3 Å². The monoisotopic (exact) mass is 343 g/mol. The average molecular weight is 343 g/mol. The molecule has 2 saturated heterocycles. The van der Waals surface area contributed by atoms with Crippen LogP contribution in [0.25, 0.3) is 0 Å². The van der Waals surface area contributed by atoms with Crippen molar-refractivity contribution in [1.29, 1.82) is 0 Å². The van der Waals surface area contributed by atoms with Gasteiger partial charge in [-0.2, -0.15) is 0 Å². The first-order chi connectivity index (χ1) is 12.3. The van der Waals surface area contributed by atoms with Gasteiger partial charge in [-0.25, -0.2) is 0 Å². The number of ether oxygens (including phenoxy) is 1. The minimum atomic E-state index is 0.0736. The summed E-state index contributed by atoms with van der Waals surface area (Å²) >= 11 is 0. The second kappa shape index (κ2) is 7.85. The van der Waals surface area contributed by atoms with E-state index in [-0.39, 0.29) is 12.0 Å². The maximum absolute atomic E-state index is 12.4. The van der Waals surface area contributed by atoms with Crippen molar-refractivity contribution in [3.63, 3.8) is 0 Å². The molecule has 1 unspecified atom stereocenters. The Kier molecular flexibility index (Phi) is 5.34. The number of carbonyl (C=O) groups excluding carboxylic acids is 1. The molecule has 1 aliphatic carbocycles. The highest BCUT2D eigenvalue weighted by Crippen LogP contribution is 2.29. The van der Waals surface area contributed by atoms with Crippen LogP contribution in [-0.2, 0) is 9.53 Å². The zero-order valence-corrected chi connectivity index (χ0v) is 14.9. The molecule has 1 N–H and O–H groups in total. The molecule has 25 heavy (non-hydrogen) atoms. The summed E-state index contributed by atoms with van der Waals surface area (Å²) in [5.41, 5.74) is 1.19. The highest BCUT2D eigenvalue weighted by molar-refractivity contribution is 5.78. The lowest BCUT2D eigenvalue weighted by Gasteiger charge is -2.34. The molecule has 2 heterocycles. The van der Waals surface area contributed by atoms with E-state index in [1.165, 1.54) is 18.4 Å². The first-order valence-electron chi connectivity index (χ1n) is 9.70. The highest BCUT2D eigenvalue weighted by atomic mass is 16.5. The molecule has 3 fully saturated rings. The second-order valence-electron chi connectivity index (χ2n) is 7.61. The van der Waals surface area contributed by atoms with Crippen molar-refractivity contribution in [2.45, 2.75) is 43.9 Å². The van der Waals surface area contributed by atoms with Crippen molar-refractivity contribution >= 4 is 5.91 Å². The van der Waals surface area contributed by atoms with E-state index in [1.807, 2.05) is 18.2 Å². The number of nitrogens with one attached hydrogen (secondary N) is 1. The van der Waals surface area contributed by atoms with Crippen LogP contribution in [0.2, 0.25) is 0 Å². The van der Waals surface area contributed by atoms with Gasteiger partial charge in [-0.3, -0.25) is 9.69 Å². The van der Waals surface area contributed by atoms with E-state index in [9.17, 15) is 4.79 Å². The van der Waals surface area contributed by atoms with Crippen molar-refractivity contribution in [2.75, 3.05) is 39.3 Å². The third-order valence-electron chi connectivity index (χ3n) is 5.65. The Morgan fingerprint density at radius 2 is 1.84 bits per heavy atom. The molecule has 136 valence electrons. The lowest BCUT2D eigenvalue weighted by molar-refractivity contribution is -0.125. The summed E-state index contributed by atoms with van der Waals surface area (Å²) in [6, 6.07) is 11.5. The first kappa shape index (κ1) is 17.0. The van der Waals surface area contributed by atoms with Gasteiger partial charge in [0.05, 0.1) is 19.3 Å². The van der Waals surface area contributed by atoms with Crippen LogP contribution in [0.1, 0.15) is 37.4 Å². The van der Waals surface area contributed by atoms with Gasteiger partial charge >= 0.3 is 0 Å². The summed E-state index contributed by atoms with van der Waals surface area (Å²) in [6.45, 7) is 5.07. The lowest BCUT2D eigenvalue weighted by atomic mass is 10.0. The zero-order valence-electron chi connectivity index (χ0n) is 14.9. The first-order valence-corrected chi connectivity index (χ1v) is 9.70. The molecule has 0 aromatic heterocycles. The number of nitrogens with zero attached hydrogens (tertiary/aromatic N) is 2. The summed E-state index contributed by atoms with van der Waals surface area (Å²) in [6.07, 6.45) is 5.01. The molecular formula is C20H29N3O2. The number of amides is 1. The molecule has 0 radical (unpaired) electrons. The summed E-state index contributed by atoms with van der Waals surface area (Å²) in [7, 11) is 0. The zero-order chi connectivity index (χ0) is 17.1. The van der Waals surface area contributed by atoms with E-state index in [2.05, 4.69) is 27.2 Å². The number of piperidine rings is 1. The standard InChI is InChI=1S/C20H29N3O2/c24-20(21-17-8-10-23(11-9-17)18-6-7-18)15-22-12-13-25-19(14-22)16-4-2-1-3-5-16/h1-5,17-19H,6-15H2,(H,21,24). The normalized spacial score (nSPS) is 26.5. The van der Waals surface area contributed by atoms with Crippen LogP contribution in [0.4, 0.5) is 0 Å². The molecule has 1 aromatic rings. The minimum Gasteiger partial charge on any atom is -0.371 e. The molecule has 1 atom stereocenters. The quantitative estimate of drug-likeness (QED) is 0.886. The van der Waals surface area contributed by atoms with Gasteiger partial charge in [-0.05, 0) is 31.2 Å². The molecule has 2 aliphatic heterocycles. The van der Waals surface area contributed by atoms with Gasteiger partial charge in [-0.1, -0.05) is 30.3 Å². The molecule has 1 amide bonds. The SMILES string of the molecule is O=C(CN1CCOC(c2ccccc2)C1)NC1CCN(C2CC2)CC1. The smallest absolute Gasteiger partial charge is 0.234 e. The summed E-state index contributed by atoms with van der Waals surface area (Å²) in [5.74, 6) is 0.165. The highest BCUT2D eigenvalue weighted by Gasteiger charge is 2.32. The third kappa shape index (κ3) is 4.60. The Labute approximate surface area is 150 Å². The fourth-order valence-electron chi connectivity index (χ4n) is 4.04. The molecule has 5 heteroatoms. The predicted octanol–water partition coefficient (Wildman–Crippen LogP) is 1.80. The fourth-order valence-corrected chi connectivity index (χ4v) is 4.04. The molecule has 0 bridgehead atoms. The van der Waals surface area contributed by atoms with E-state index >= 15 is 0 Å². The van der Waals surface area contributed by atoms with Gasteiger partial charge < -0.3 is 15.0 Å². The van der Waals surface area contributed by atoms with Gasteiger partial charge in [0.25, 0.3) is 0 Å².